The molecular weight excluding hydrogens is 705 g/mol. The van der Waals surface area contributed by atoms with E-state index in [1.807, 2.05) is 12.1 Å². The molecule has 0 N–H and O–H groups in total. The van der Waals surface area contributed by atoms with Crippen LogP contribution in [0.5, 0.6) is 0 Å². The summed E-state index contributed by atoms with van der Waals surface area (Å²) in [6, 6.07) is 73.8. The van der Waals surface area contributed by atoms with Gasteiger partial charge in [0.1, 0.15) is 0 Å². The Morgan fingerprint density at radius 2 is 0.828 bits per heavy atom. The Morgan fingerprint density at radius 3 is 1.50 bits per heavy atom. The lowest BCUT2D eigenvalue weighted by Crippen LogP contribution is -1.98. The normalized spacial score (nSPS) is 11.8. The Balaban J connectivity index is 1.11. The van der Waals surface area contributed by atoms with Crippen molar-refractivity contribution < 1.29 is 0 Å². The molecule has 9 aromatic carbocycles. The van der Waals surface area contributed by atoms with Crippen molar-refractivity contribution >= 4 is 65.4 Å². The molecule has 270 valence electrons. The van der Waals surface area contributed by atoms with Crippen LogP contribution in [0, 0.1) is 0 Å². The summed E-state index contributed by atoms with van der Waals surface area (Å²) in [6.07, 6.45) is 0. The summed E-state index contributed by atoms with van der Waals surface area (Å²) in [4.78, 5) is 10.6. The quantitative estimate of drug-likeness (QED) is 0.176. The summed E-state index contributed by atoms with van der Waals surface area (Å²) < 4.78 is 4.88. The molecule has 0 aliphatic carbocycles. The molecule has 0 aliphatic rings. The van der Waals surface area contributed by atoms with Gasteiger partial charge in [0.05, 0.1) is 50.2 Å². The lowest BCUT2D eigenvalue weighted by molar-refractivity contribution is 1.17. The fourth-order valence-corrected chi connectivity index (χ4v) is 9.02. The molecule has 0 aliphatic heterocycles. The van der Waals surface area contributed by atoms with Gasteiger partial charge in [0.25, 0.3) is 0 Å². The maximum atomic E-state index is 5.33. The second-order valence-corrected chi connectivity index (χ2v) is 15.0. The van der Waals surface area contributed by atoms with Gasteiger partial charge in [-0.15, -0.1) is 0 Å². The smallest absolute Gasteiger partial charge is 0.0973 e. The van der Waals surface area contributed by atoms with Gasteiger partial charge in [-0.1, -0.05) is 146 Å². The number of aromatic nitrogens is 4. The van der Waals surface area contributed by atoms with E-state index in [0.29, 0.717) is 0 Å². The molecule has 0 fully saturated rings. The topological polar surface area (TPSA) is 35.6 Å². The number of rotatable bonds is 5. The molecular formula is C54H34N4. The highest BCUT2D eigenvalue weighted by molar-refractivity contribution is 6.19. The first kappa shape index (κ1) is 32.4. The van der Waals surface area contributed by atoms with Gasteiger partial charge in [-0.3, -0.25) is 0 Å². The number of nitrogens with zero attached hydrogens (tertiary/aromatic N) is 4. The van der Waals surface area contributed by atoms with E-state index < -0.39 is 0 Å². The second kappa shape index (κ2) is 12.9. The summed E-state index contributed by atoms with van der Waals surface area (Å²) in [5.74, 6) is 0. The lowest BCUT2D eigenvalue weighted by Gasteiger charge is -2.15. The molecule has 0 saturated heterocycles. The summed E-state index contributed by atoms with van der Waals surface area (Å²) in [5, 5.41) is 7.33. The molecule has 0 spiro atoms. The fraction of sp³-hybridized carbons (Fsp3) is 0. The zero-order valence-corrected chi connectivity index (χ0v) is 31.4. The number of benzene rings is 9. The minimum atomic E-state index is 0.860. The fourth-order valence-electron chi connectivity index (χ4n) is 9.02. The minimum absolute atomic E-state index is 0.860. The predicted octanol–water partition coefficient (Wildman–Crippen LogP) is 14.0. The third kappa shape index (κ3) is 5.02. The van der Waals surface area contributed by atoms with Crippen molar-refractivity contribution in [3.8, 4) is 45.0 Å². The summed E-state index contributed by atoms with van der Waals surface area (Å²) in [7, 11) is 0. The molecule has 0 atom stereocenters. The van der Waals surface area contributed by atoms with Crippen LogP contribution >= 0.6 is 0 Å². The van der Waals surface area contributed by atoms with Crippen molar-refractivity contribution in [3.05, 3.63) is 206 Å². The molecule has 4 nitrogen and oxygen atoms in total. The van der Waals surface area contributed by atoms with Crippen LogP contribution in [0.2, 0.25) is 0 Å². The maximum absolute atomic E-state index is 5.33. The van der Waals surface area contributed by atoms with Crippen molar-refractivity contribution in [2.24, 2.45) is 0 Å². The highest BCUT2D eigenvalue weighted by Crippen LogP contribution is 2.42. The van der Waals surface area contributed by atoms with E-state index in [4.69, 9.17) is 9.97 Å². The van der Waals surface area contributed by atoms with Crippen molar-refractivity contribution in [3.63, 3.8) is 0 Å². The van der Waals surface area contributed by atoms with Gasteiger partial charge >= 0.3 is 0 Å². The molecule has 0 amide bonds. The lowest BCUT2D eigenvalue weighted by atomic mass is 9.98. The Kier molecular flexibility index (Phi) is 7.20. The van der Waals surface area contributed by atoms with E-state index in [1.165, 1.54) is 54.4 Å². The van der Waals surface area contributed by atoms with E-state index >= 15 is 0 Å². The highest BCUT2D eigenvalue weighted by Gasteiger charge is 2.20. The standard InChI is InChI=1S/C54H34N4/c1-4-16-35(17-5-1)53-54(36-18-6-2-7-19-36)56-47-31-37(28-29-46(47)55-53)39-30-38-20-10-11-23-41(38)50(32-39)58-49-27-15-13-25-43(49)45-33-44-42-24-12-14-26-48(42)57(51(44)34-52(45)58)40-21-8-3-9-22-40/h1-34H. The molecule has 3 aromatic heterocycles. The Hall–Kier alpha value is -7.82. The highest BCUT2D eigenvalue weighted by atomic mass is 15.0. The second-order valence-electron chi connectivity index (χ2n) is 15.0. The van der Waals surface area contributed by atoms with E-state index in [-0.39, 0.29) is 0 Å². The van der Waals surface area contributed by atoms with E-state index in [1.54, 1.807) is 0 Å². The van der Waals surface area contributed by atoms with Crippen LogP contribution in [0.15, 0.2) is 206 Å². The van der Waals surface area contributed by atoms with Gasteiger partial charge in [0.2, 0.25) is 0 Å². The Labute approximate surface area is 334 Å². The molecule has 0 bridgehead atoms. The molecule has 0 unspecified atom stereocenters. The third-order valence-electron chi connectivity index (χ3n) is 11.7. The molecule has 58 heavy (non-hydrogen) atoms. The van der Waals surface area contributed by atoms with Gasteiger partial charge in [-0.05, 0) is 77.2 Å². The van der Waals surface area contributed by atoms with E-state index in [9.17, 15) is 0 Å². The SMILES string of the molecule is c1ccc(-c2nc3ccc(-c4cc(-n5c6ccccc6c6cc7c8ccccc8n(-c8ccccc8)c7cc65)c5ccccc5c4)cc3nc2-c2ccccc2)cc1. The Morgan fingerprint density at radius 1 is 0.293 bits per heavy atom. The van der Waals surface area contributed by atoms with Gasteiger partial charge in [0, 0.05) is 43.7 Å². The number of hydrogen-bond donors (Lipinski definition) is 0. The van der Waals surface area contributed by atoms with Crippen LogP contribution in [0.3, 0.4) is 0 Å². The number of para-hydroxylation sites is 3. The summed E-state index contributed by atoms with van der Waals surface area (Å²) >= 11 is 0. The third-order valence-corrected chi connectivity index (χ3v) is 11.7. The summed E-state index contributed by atoms with van der Waals surface area (Å²) in [6.45, 7) is 0. The molecule has 0 saturated carbocycles. The maximum Gasteiger partial charge on any atom is 0.0973 e. The van der Waals surface area contributed by atoms with E-state index in [2.05, 4.69) is 203 Å². The van der Waals surface area contributed by atoms with Crippen LogP contribution in [0.4, 0.5) is 0 Å². The molecule has 12 rings (SSSR count). The van der Waals surface area contributed by atoms with Gasteiger partial charge in [-0.25, -0.2) is 9.97 Å². The van der Waals surface area contributed by atoms with Crippen molar-refractivity contribution in [1.82, 2.24) is 19.1 Å². The van der Waals surface area contributed by atoms with Crippen LogP contribution in [-0.2, 0) is 0 Å². The largest absolute Gasteiger partial charge is 0.309 e. The molecule has 12 aromatic rings. The van der Waals surface area contributed by atoms with Crippen LogP contribution in [0.25, 0.3) is 110 Å². The van der Waals surface area contributed by atoms with Crippen molar-refractivity contribution in [2.45, 2.75) is 0 Å². The zero-order chi connectivity index (χ0) is 38.2. The van der Waals surface area contributed by atoms with Crippen LogP contribution < -0.4 is 0 Å². The summed E-state index contributed by atoms with van der Waals surface area (Å²) in [5.41, 5.74) is 14.8. The molecule has 0 radical (unpaired) electrons. The first-order valence-corrected chi connectivity index (χ1v) is 19.7. The van der Waals surface area contributed by atoms with Gasteiger partial charge in [0.15, 0.2) is 0 Å². The first-order chi connectivity index (χ1) is 28.8. The van der Waals surface area contributed by atoms with E-state index in [0.717, 1.165) is 56.0 Å². The number of hydrogen-bond acceptors (Lipinski definition) is 2. The molecule has 3 heterocycles. The molecule has 4 heteroatoms. The van der Waals surface area contributed by atoms with Crippen molar-refractivity contribution in [2.75, 3.05) is 0 Å². The minimum Gasteiger partial charge on any atom is -0.309 e. The number of fused-ring (bicyclic) bond motifs is 8. The zero-order valence-electron chi connectivity index (χ0n) is 31.4. The Bertz CT molecular complexity index is 3550. The average molecular weight is 739 g/mol. The first-order valence-electron chi connectivity index (χ1n) is 19.7. The predicted molar refractivity (Wildman–Crippen MR) is 242 cm³/mol. The van der Waals surface area contributed by atoms with Crippen molar-refractivity contribution in [1.29, 1.82) is 0 Å². The monoisotopic (exact) mass is 738 g/mol. The van der Waals surface area contributed by atoms with Crippen LogP contribution in [-0.4, -0.2) is 19.1 Å². The van der Waals surface area contributed by atoms with Gasteiger partial charge < -0.3 is 9.13 Å². The average Bonchev–Trinajstić information content (AvgIpc) is 3.80. The van der Waals surface area contributed by atoms with Gasteiger partial charge in [-0.2, -0.15) is 0 Å². The van der Waals surface area contributed by atoms with Crippen LogP contribution in [0.1, 0.15) is 0 Å².